The molecule has 0 atom stereocenters. The van der Waals surface area contributed by atoms with E-state index in [9.17, 15) is 9.59 Å². The minimum absolute atomic E-state index is 0.0189. The second-order valence-electron chi connectivity index (χ2n) is 5.40. The van der Waals surface area contributed by atoms with Crippen molar-refractivity contribution in [1.29, 1.82) is 0 Å². The van der Waals surface area contributed by atoms with Gasteiger partial charge in [0.05, 0.1) is 5.56 Å². The molecule has 0 unspecified atom stereocenters. The van der Waals surface area contributed by atoms with Crippen LogP contribution in [0.25, 0.3) is 0 Å². The lowest BCUT2D eigenvalue weighted by molar-refractivity contribution is 0.0689. The summed E-state index contributed by atoms with van der Waals surface area (Å²) in [6.45, 7) is 4.87. The van der Waals surface area contributed by atoms with Gasteiger partial charge in [0.2, 0.25) is 0 Å². The second kappa shape index (κ2) is 4.99. The smallest absolute Gasteiger partial charge is 0.338 e. The van der Waals surface area contributed by atoms with E-state index in [1.165, 1.54) is 18.3 Å². The SMILES string of the molecule is CC(C)C1(CNC(=O)c2ncccc2C(=O)O)CC1. The largest absolute Gasteiger partial charge is 0.478 e. The van der Waals surface area contributed by atoms with Gasteiger partial charge in [0.15, 0.2) is 0 Å². The number of carboxylic acids is 1. The number of carbonyl (C=O) groups excluding carboxylic acids is 1. The van der Waals surface area contributed by atoms with Crippen LogP contribution in [0.15, 0.2) is 18.3 Å². The molecule has 1 aliphatic carbocycles. The van der Waals surface area contributed by atoms with Gasteiger partial charge in [-0.15, -0.1) is 0 Å². The fourth-order valence-electron chi connectivity index (χ4n) is 2.22. The maximum Gasteiger partial charge on any atom is 0.338 e. The number of nitrogens with one attached hydrogen (secondary N) is 1. The Bertz CT molecular complexity index is 507. The Morgan fingerprint density at radius 3 is 2.68 bits per heavy atom. The predicted octanol–water partition coefficient (Wildman–Crippen LogP) is 1.95. The van der Waals surface area contributed by atoms with Crippen molar-refractivity contribution in [2.45, 2.75) is 26.7 Å². The second-order valence-corrected chi connectivity index (χ2v) is 5.40. The zero-order valence-electron chi connectivity index (χ0n) is 11.1. The molecule has 1 saturated carbocycles. The lowest BCUT2D eigenvalue weighted by atomic mass is 9.92. The number of carbonyl (C=O) groups is 2. The molecule has 1 aliphatic rings. The topological polar surface area (TPSA) is 79.3 Å². The molecule has 1 aromatic rings. The van der Waals surface area contributed by atoms with Crippen LogP contribution in [-0.4, -0.2) is 28.5 Å². The van der Waals surface area contributed by atoms with Crippen molar-refractivity contribution >= 4 is 11.9 Å². The lowest BCUT2D eigenvalue weighted by Gasteiger charge is -2.20. The van der Waals surface area contributed by atoms with E-state index in [2.05, 4.69) is 24.1 Å². The zero-order valence-corrected chi connectivity index (χ0v) is 11.1. The summed E-state index contributed by atoms with van der Waals surface area (Å²) in [5.74, 6) is -1.04. The van der Waals surface area contributed by atoms with Crippen LogP contribution in [0.5, 0.6) is 0 Å². The molecule has 102 valence electrons. The van der Waals surface area contributed by atoms with E-state index in [4.69, 9.17) is 5.11 Å². The van der Waals surface area contributed by atoms with E-state index in [1.54, 1.807) is 0 Å². The number of nitrogens with zero attached hydrogens (tertiary/aromatic N) is 1. The first-order chi connectivity index (χ1) is 8.96. The van der Waals surface area contributed by atoms with Crippen LogP contribution in [0.4, 0.5) is 0 Å². The number of hydrogen-bond acceptors (Lipinski definition) is 3. The summed E-state index contributed by atoms with van der Waals surface area (Å²) >= 11 is 0. The Morgan fingerprint density at radius 1 is 1.47 bits per heavy atom. The molecule has 1 heterocycles. The van der Waals surface area contributed by atoms with Crippen LogP contribution in [0.1, 0.15) is 47.5 Å². The zero-order chi connectivity index (χ0) is 14.0. The standard InChI is InChI=1S/C14H18N2O3/c1-9(2)14(5-6-14)8-16-12(17)11-10(13(18)19)4-3-7-15-11/h3-4,7,9H,5-6,8H2,1-2H3,(H,16,17)(H,18,19). The molecule has 0 saturated heterocycles. The molecule has 2 N–H and O–H groups in total. The van der Waals surface area contributed by atoms with Crippen LogP contribution in [0.2, 0.25) is 0 Å². The average molecular weight is 262 g/mol. The van der Waals surface area contributed by atoms with Crippen molar-refractivity contribution in [2.24, 2.45) is 11.3 Å². The van der Waals surface area contributed by atoms with Gasteiger partial charge < -0.3 is 10.4 Å². The summed E-state index contributed by atoms with van der Waals surface area (Å²) in [5.41, 5.74) is 0.109. The molecule has 1 aromatic heterocycles. The van der Waals surface area contributed by atoms with E-state index in [0.29, 0.717) is 12.5 Å². The monoisotopic (exact) mass is 262 g/mol. The van der Waals surface area contributed by atoms with Crippen molar-refractivity contribution in [3.8, 4) is 0 Å². The third kappa shape index (κ3) is 2.75. The number of hydrogen-bond donors (Lipinski definition) is 2. The highest BCUT2D eigenvalue weighted by molar-refractivity contribution is 6.03. The van der Waals surface area contributed by atoms with Crippen molar-refractivity contribution in [3.63, 3.8) is 0 Å². The summed E-state index contributed by atoms with van der Waals surface area (Å²) in [5, 5.41) is 11.8. The molecular weight excluding hydrogens is 244 g/mol. The molecule has 1 amide bonds. The van der Waals surface area contributed by atoms with Gasteiger partial charge in [-0.2, -0.15) is 0 Å². The van der Waals surface area contributed by atoms with Gasteiger partial charge in [0.25, 0.3) is 5.91 Å². The van der Waals surface area contributed by atoms with Crippen LogP contribution in [0.3, 0.4) is 0 Å². The fourth-order valence-corrected chi connectivity index (χ4v) is 2.22. The first-order valence-corrected chi connectivity index (χ1v) is 6.43. The highest BCUT2D eigenvalue weighted by Gasteiger charge is 2.45. The van der Waals surface area contributed by atoms with Gasteiger partial charge >= 0.3 is 5.97 Å². The lowest BCUT2D eigenvalue weighted by Crippen LogP contribution is -2.34. The van der Waals surface area contributed by atoms with Crippen molar-refractivity contribution in [3.05, 3.63) is 29.6 Å². The molecule has 0 bridgehead atoms. The summed E-state index contributed by atoms with van der Waals surface area (Å²) < 4.78 is 0. The van der Waals surface area contributed by atoms with Gasteiger partial charge in [0, 0.05) is 12.7 Å². The van der Waals surface area contributed by atoms with Crippen LogP contribution < -0.4 is 5.32 Å². The number of aromatic carboxylic acids is 1. The number of amides is 1. The minimum atomic E-state index is -1.14. The number of carboxylic acid groups (broad SMARTS) is 1. The molecule has 0 aliphatic heterocycles. The number of pyridine rings is 1. The van der Waals surface area contributed by atoms with Gasteiger partial charge in [-0.3, -0.25) is 9.78 Å². The Balaban J connectivity index is 2.07. The third-order valence-corrected chi connectivity index (χ3v) is 3.97. The number of aromatic nitrogens is 1. The van der Waals surface area contributed by atoms with E-state index in [1.807, 2.05) is 0 Å². The van der Waals surface area contributed by atoms with Gasteiger partial charge in [0.1, 0.15) is 5.69 Å². The maximum absolute atomic E-state index is 12.0. The van der Waals surface area contributed by atoms with Crippen molar-refractivity contribution in [1.82, 2.24) is 10.3 Å². The first kappa shape index (κ1) is 13.5. The van der Waals surface area contributed by atoms with Gasteiger partial charge in [-0.05, 0) is 36.3 Å². The van der Waals surface area contributed by atoms with Crippen LogP contribution in [0, 0.1) is 11.3 Å². The molecule has 5 nitrogen and oxygen atoms in total. The average Bonchev–Trinajstić information content (AvgIpc) is 3.17. The molecule has 1 fully saturated rings. The van der Waals surface area contributed by atoms with Crippen LogP contribution in [-0.2, 0) is 0 Å². The third-order valence-electron chi connectivity index (χ3n) is 3.97. The highest BCUT2D eigenvalue weighted by Crippen LogP contribution is 2.51. The molecule has 0 spiro atoms. The van der Waals surface area contributed by atoms with E-state index < -0.39 is 11.9 Å². The summed E-state index contributed by atoms with van der Waals surface area (Å²) in [7, 11) is 0. The summed E-state index contributed by atoms with van der Waals surface area (Å²) in [6, 6.07) is 2.90. The van der Waals surface area contributed by atoms with Crippen molar-refractivity contribution < 1.29 is 14.7 Å². The Hall–Kier alpha value is -1.91. The van der Waals surface area contributed by atoms with E-state index in [0.717, 1.165) is 12.8 Å². The molecule has 0 radical (unpaired) electrons. The maximum atomic E-state index is 12.0. The van der Waals surface area contributed by atoms with Crippen molar-refractivity contribution in [2.75, 3.05) is 6.54 Å². The molecule has 0 aromatic carbocycles. The predicted molar refractivity (Wildman–Crippen MR) is 70.0 cm³/mol. The normalized spacial score (nSPS) is 16.2. The quantitative estimate of drug-likeness (QED) is 0.850. The summed E-state index contributed by atoms with van der Waals surface area (Å²) in [6.07, 6.45) is 3.65. The van der Waals surface area contributed by atoms with Gasteiger partial charge in [-0.1, -0.05) is 13.8 Å². The molecule has 5 heteroatoms. The Kier molecular flexibility index (Phi) is 3.55. The minimum Gasteiger partial charge on any atom is -0.478 e. The molecule has 2 rings (SSSR count). The van der Waals surface area contributed by atoms with Crippen LogP contribution >= 0.6 is 0 Å². The summed E-state index contributed by atoms with van der Waals surface area (Å²) in [4.78, 5) is 26.9. The highest BCUT2D eigenvalue weighted by atomic mass is 16.4. The molecule has 19 heavy (non-hydrogen) atoms. The van der Waals surface area contributed by atoms with E-state index >= 15 is 0 Å². The fraction of sp³-hybridized carbons (Fsp3) is 0.500. The Morgan fingerprint density at radius 2 is 2.16 bits per heavy atom. The number of rotatable bonds is 5. The Labute approximate surface area is 112 Å². The first-order valence-electron chi connectivity index (χ1n) is 6.43. The van der Waals surface area contributed by atoms with E-state index in [-0.39, 0.29) is 16.7 Å². The van der Waals surface area contributed by atoms with Gasteiger partial charge in [-0.25, -0.2) is 4.79 Å². The molecular formula is C14H18N2O3.